The van der Waals surface area contributed by atoms with Crippen LogP contribution in [-0.2, 0) is 14.8 Å². The zero-order valence-electron chi connectivity index (χ0n) is 21.7. The maximum absolute atomic E-state index is 13.5. The first-order valence-corrected chi connectivity index (χ1v) is 13.2. The van der Waals surface area contributed by atoms with Crippen LogP contribution in [0.4, 0.5) is 0 Å². The maximum Gasteiger partial charge on any atom is 0.259 e. The summed E-state index contributed by atoms with van der Waals surface area (Å²) in [7, 11) is 0.627. The predicted octanol–water partition coefficient (Wildman–Crippen LogP) is 1.63. The first-order chi connectivity index (χ1) is 17.6. The number of sulfonamides is 1. The average molecular weight is 532 g/mol. The van der Waals surface area contributed by atoms with Gasteiger partial charge in [-0.15, -0.1) is 0 Å². The largest absolute Gasteiger partial charge is 0.497 e. The van der Waals surface area contributed by atoms with E-state index in [4.69, 9.17) is 14.2 Å². The van der Waals surface area contributed by atoms with Crippen molar-refractivity contribution < 1.29 is 32.5 Å². The van der Waals surface area contributed by atoms with Crippen LogP contribution in [0.1, 0.15) is 29.8 Å². The molecule has 1 aromatic carbocycles. The minimum absolute atomic E-state index is 0.00671. The van der Waals surface area contributed by atoms with Gasteiger partial charge < -0.3 is 24.2 Å². The Labute approximate surface area is 218 Å². The van der Waals surface area contributed by atoms with E-state index in [9.17, 15) is 18.3 Å². The Morgan fingerprint density at radius 1 is 1.32 bits per heavy atom. The number of nitrogens with zero attached hydrogens (tertiary/aromatic N) is 3. The number of hydrogen-bond acceptors (Lipinski definition) is 8. The number of methoxy groups -OCH3 is 2. The average Bonchev–Trinajstić information content (AvgIpc) is 2.90. The molecule has 0 saturated heterocycles. The van der Waals surface area contributed by atoms with E-state index in [1.54, 1.807) is 30.0 Å². The van der Waals surface area contributed by atoms with Crippen LogP contribution in [0.3, 0.4) is 0 Å². The van der Waals surface area contributed by atoms with Gasteiger partial charge >= 0.3 is 0 Å². The van der Waals surface area contributed by atoms with Gasteiger partial charge in [0.25, 0.3) is 5.91 Å². The first kappa shape index (κ1) is 28.4. The molecule has 0 fully saturated rings. The number of hydrogen-bond donors (Lipinski definition) is 1. The van der Waals surface area contributed by atoms with Gasteiger partial charge in [-0.25, -0.2) is 13.4 Å². The van der Waals surface area contributed by atoms with E-state index in [-0.39, 0.29) is 54.5 Å². The fraction of sp³-hybridized carbons (Fsp3) is 0.462. The molecule has 37 heavy (non-hydrogen) atoms. The monoisotopic (exact) mass is 531 g/mol. The van der Waals surface area contributed by atoms with Crippen LogP contribution in [0.5, 0.6) is 11.6 Å². The van der Waals surface area contributed by atoms with Crippen molar-refractivity contribution in [3.05, 3.63) is 47.7 Å². The van der Waals surface area contributed by atoms with Gasteiger partial charge in [0.15, 0.2) is 0 Å². The van der Waals surface area contributed by atoms with Crippen molar-refractivity contribution in [2.45, 2.75) is 30.9 Å². The van der Waals surface area contributed by atoms with Gasteiger partial charge in [-0.3, -0.25) is 4.79 Å². The lowest BCUT2D eigenvalue weighted by atomic mass is 10.0. The highest BCUT2D eigenvalue weighted by Crippen LogP contribution is 2.28. The molecule has 1 aliphatic rings. The summed E-state index contributed by atoms with van der Waals surface area (Å²) in [6.45, 7) is 3.87. The van der Waals surface area contributed by atoms with Crippen LogP contribution in [0, 0.1) is 17.8 Å². The summed E-state index contributed by atoms with van der Waals surface area (Å²) in [5.41, 5.74) is 0.701. The highest BCUT2D eigenvalue weighted by Gasteiger charge is 2.36. The Hall–Kier alpha value is -3.17. The van der Waals surface area contributed by atoms with Gasteiger partial charge in [0.05, 0.1) is 31.2 Å². The molecule has 0 bridgehead atoms. The van der Waals surface area contributed by atoms with E-state index >= 15 is 0 Å². The quantitative estimate of drug-likeness (QED) is 0.511. The van der Waals surface area contributed by atoms with Crippen LogP contribution in [0.25, 0.3) is 0 Å². The fourth-order valence-electron chi connectivity index (χ4n) is 3.89. The van der Waals surface area contributed by atoms with Crippen LogP contribution in [0.15, 0.2) is 41.4 Å². The molecule has 0 aliphatic carbocycles. The van der Waals surface area contributed by atoms with Gasteiger partial charge in [-0.2, -0.15) is 4.31 Å². The summed E-state index contributed by atoms with van der Waals surface area (Å²) >= 11 is 0. The molecule has 11 heteroatoms. The highest BCUT2D eigenvalue weighted by molar-refractivity contribution is 7.89. The minimum Gasteiger partial charge on any atom is -0.497 e. The predicted molar refractivity (Wildman–Crippen MR) is 137 cm³/mol. The van der Waals surface area contributed by atoms with Crippen molar-refractivity contribution in [3.8, 4) is 23.5 Å². The van der Waals surface area contributed by atoms with Gasteiger partial charge in [-0.05, 0) is 25.1 Å². The summed E-state index contributed by atoms with van der Waals surface area (Å²) in [6.07, 6.45) is 0.859. The lowest BCUT2D eigenvalue weighted by molar-refractivity contribution is 0.0373. The number of aliphatic hydroxyl groups excluding tert-OH is 1. The molecule has 200 valence electrons. The molecule has 3 rings (SSSR count). The van der Waals surface area contributed by atoms with E-state index in [2.05, 4.69) is 16.8 Å². The summed E-state index contributed by atoms with van der Waals surface area (Å²) < 4.78 is 44.1. The molecule has 2 heterocycles. The van der Waals surface area contributed by atoms with E-state index in [0.717, 1.165) is 0 Å². The number of benzene rings is 1. The standard InChI is InChI=1S/C26H33N3O7S/c1-18-15-29(19(2)17-30)26(31)23-12-20(8-7-11-34-4)14-27-25(23)36-24(18)16-28(3)37(32,33)22-10-6-9-21(13-22)35-5/h6,9-10,12-14,18-19,24,30H,11,15-17H2,1-5H3/t18-,19-,24+/m0/s1. The highest BCUT2D eigenvalue weighted by atomic mass is 32.2. The number of rotatable bonds is 8. The number of pyridine rings is 1. The van der Waals surface area contributed by atoms with Gasteiger partial charge in [-0.1, -0.05) is 24.8 Å². The number of carbonyl (C=O) groups is 1. The zero-order chi connectivity index (χ0) is 27.2. The normalized spacial score (nSPS) is 18.7. The maximum atomic E-state index is 13.5. The number of carbonyl (C=O) groups excluding carboxylic acids is 1. The molecular weight excluding hydrogens is 498 g/mol. The number of likely N-dealkylation sites (N-methyl/N-ethyl adjacent to an activating group) is 1. The van der Waals surface area contributed by atoms with Crippen molar-refractivity contribution in [2.24, 2.45) is 5.92 Å². The Balaban J connectivity index is 1.97. The third-order valence-electron chi connectivity index (χ3n) is 6.16. The van der Waals surface area contributed by atoms with Gasteiger partial charge in [0.2, 0.25) is 15.9 Å². The SMILES string of the molecule is COCC#Cc1cnc2c(c1)C(=O)N([C@@H](C)CO)C[C@H](C)[C@@H](CN(C)S(=O)(=O)c1cccc(OC)c1)O2. The van der Waals surface area contributed by atoms with Crippen LogP contribution in [0.2, 0.25) is 0 Å². The number of aromatic nitrogens is 1. The third kappa shape index (κ3) is 6.59. The second-order valence-electron chi connectivity index (χ2n) is 8.90. The van der Waals surface area contributed by atoms with Crippen LogP contribution >= 0.6 is 0 Å². The van der Waals surface area contributed by atoms with Crippen molar-refractivity contribution in [3.63, 3.8) is 0 Å². The van der Waals surface area contributed by atoms with Crippen molar-refractivity contribution in [1.82, 2.24) is 14.2 Å². The lowest BCUT2D eigenvalue weighted by Crippen LogP contribution is -2.50. The molecule has 0 spiro atoms. The molecule has 3 atom stereocenters. The number of aliphatic hydroxyl groups is 1. The topological polar surface area (TPSA) is 118 Å². The molecule has 1 aliphatic heterocycles. The van der Waals surface area contributed by atoms with E-state index < -0.39 is 22.2 Å². The fourth-order valence-corrected chi connectivity index (χ4v) is 5.11. The molecular formula is C26H33N3O7S. The number of ether oxygens (including phenoxy) is 3. The van der Waals surface area contributed by atoms with Crippen LogP contribution in [-0.4, -0.2) is 93.3 Å². The van der Waals surface area contributed by atoms with Crippen LogP contribution < -0.4 is 9.47 Å². The van der Waals surface area contributed by atoms with Gasteiger partial charge in [0, 0.05) is 44.4 Å². The summed E-state index contributed by atoms with van der Waals surface area (Å²) in [6, 6.07) is 7.37. The molecule has 2 aromatic rings. The third-order valence-corrected chi connectivity index (χ3v) is 7.98. The Morgan fingerprint density at radius 2 is 2.08 bits per heavy atom. The molecule has 0 saturated carbocycles. The first-order valence-electron chi connectivity index (χ1n) is 11.8. The molecule has 0 unspecified atom stereocenters. The zero-order valence-corrected chi connectivity index (χ0v) is 22.5. The Morgan fingerprint density at radius 3 is 2.76 bits per heavy atom. The van der Waals surface area contributed by atoms with E-state index in [1.807, 2.05) is 6.92 Å². The Bertz CT molecular complexity index is 1270. The van der Waals surface area contributed by atoms with Gasteiger partial charge in [0.1, 0.15) is 24.0 Å². The minimum atomic E-state index is -3.86. The molecule has 0 radical (unpaired) electrons. The molecule has 1 N–H and O–H groups in total. The van der Waals surface area contributed by atoms with Crippen molar-refractivity contribution in [1.29, 1.82) is 0 Å². The summed E-state index contributed by atoms with van der Waals surface area (Å²) in [5, 5.41) is 9.81. The molecule has 1 amide bonds. The molecule has 10 nitrogen and oxygen atoms in total. The number of fused-ring (bicyclic) bond motifs is 1. The van der Waals surface area contributed by atoms with Crippen molar-refractivity contribution >= 4 is 15.9 Å². The summed E-state index contributed by atoms with van der Waals surface area (Å²) in [5.74, 6) is 5.62. The molecule has 1 aromatic heterocycles. The smallest absolute Gasteiger partial charge is 0.259 e. The Kier molecular flexibility index (Phi) is 9.50. The summed E-state index contributed by atoms with van der Waals surface area (Å²) in [4.78, 5) is 19.5. The van der Waals surface area contributed by atoms with E-state index in [0.29, 0.717) is 11.3 Å². The van der Waals surface area contributed by atoms with Crippen molar-refractivity contribution in [2.75, 3.05) is 47.6 Å². The number of amides is 1. The second kappa shape index (κ2) is 12.4. The second-order valence-corrected chi connectivity index (χ2v) is 10.9. The van der Waals surface area contributed by atoms with E-state index in [1.165, 1.54) is 43.9 Å². The lowest BCUT2D eigenvalue weighted by Gasteiger charge is -2.37.